The van der Waals surface area contributed by atoms with Gasteiger partial charge in [0.05, 0.1) is 6.54 Å². The van der Waals surface area contributed by atoms with E-state index in [0.29, 0.717) is 6.04 Å². The minimum absolute atomic E-state index is 0.608. The monoisotopic (exact) mass is 303 g/mol. The Morgan fingerprint density at radius 3 is 3.00 bits per heavy atom. The number of likely N-dealkylation sites (N-methyl/N-ethyl adjacent to an activating group) is 1. The Bertz CT molecular complexity index is 446. The lowest BCUT2D eigenvalue weighted by atomic mass is 10.2. The summed E-state index contributed by atoms with van der Waals surface area (Å²) in [6.07, 6.45) is 5.33. The average molecular weight is 303 g/mol. The van der Waals surface area contributed by atoms with Crippen LogP contribution < -0.4 is 10.6 Å². The fourth-order valence-electron chi connectivity index (χ4n) is 2.91. The van der Waals surface area contributed by atoms with Crippen LogP contribution in [0.5, 0.6) is 0 Å². The molecule has 1 atom stereocenters. The third-order valence-electron chi connectivity index (χ3n) is 4.11. The molecule has 2 N–H and O–H groups in total. The van der Waals surface area contributed by atoms with Crippen LogP contribution in [0.4, 0.5) is 0 Å². The van der Waals surface area contributed by atoms with E-state index in [1.54, 1.807) is 0 Å². The third-order valence-corrected chi connectivity index (χ3v) is 4.11. The fraction of sp³-hybridized carbons (Fsp3) is 0.647. The first-order chi connectivity index (χ1) is 10.8. The Labute approximate surface area is 134 Å². The van der Waals surface area contributed by atoms with Gasteiger partial charge in [0.2, 0.25) is 0 Å². The number of pyridine rings is 1. The van der Waals surface area contributed by atoms with Crippen molar-refractivity contribution in [2.45, 2.75) is 39.2 Å². The van der Waals surface area contributed by atoms with Crippen LogP contribution in [-0.4, -0.2) is 54.6 Å². The highest BCUT2D eigenvalue weighted by molar-refractivity contribution is 5.79. The largest absolute Gasteiger partial charge is 0.357 e. The number of nitrogens with zero attached hydrogens (tertiary/aromatic N) is 3. The number of hydrogen-bond acceptors (Lipinski definition) is 3. The molecule has 2 heterocycles. The van der Waals surface area contributed by atoms with Gasteiger partial charge in [-0.3, -0.25) is 14.9 Å². The van der Waals surface area contributed by atoms with Gasteiger partial charge >= 0.3 is 0 Å². The number of hydrogen-bond donors (Lipinski definition) is 2. The van der Waals surface area contributed by atoms with Gasteiger partial charge in [0.1, 0.15) is 0 Å². The first kappa shape index (κ1) is 16.7. The zero-order chi connectivity index (χ0) is 15.6. The minimum atomic E-state index is 0.608. The lowest BCUT2D eigenvalue weighted by Crippen LogP contribution is -2.40. The second-order valence-electron chi connectivity index (χ2n) is 5.64. The predicted octanol–water partition coefficient (Wildman–Crippen LogP) is 1.66. The highest BCUT2D eigenvalue weighted by Crippen LogP contribution is 2.16. The molecule has 0 aromatic carbocycles. The normalized spacial score (nSPS) is 19.4. The highest BCUT2D eigenvalue weighted by atomic mass is 15.2. The van der Waals surface area contributed by atoms with E-state index in [2.05, 4.69) is 40.4 Å². The van der Waals surface area contributed by atoms with Crippen molar-refractivity contribution in [1.29, 1.82) is 0 Å². The summed E-state index contributed by atoms with van der Waals surface area (Å²) in [5.41, 5.74) is 1.11. The molecular formula is C17H29N5. The molecule has 1 saturated heterocycles. The van der Waals surface area contributed by atoms with E-state index in [9.17, 15) is 0 Å². The number of likely N-dealkylation sites (tertiary alicyclic amines) is 1. The Morgan fingerprint density at radius 2 is 2.27 bits per heavy atom. The maximum absolute atomic E-state index is 4.76. The Kier molecular flexibility index (Phi) is 7.16. The summed E-state index contributed by atoms with van der Waals surface area (Å²) in [6.45, 7) is 9.31. The molecule has 1 aliphatic heterocycles. The van der Waals surface area contributed by atoms with Gasteiger partial charge < -0.3 is 10.6 Å². The molecule has 0 amide bonds. The van der Waals surface area contributed by atoms with E-state index < -0.39 is 0 Å². The molecule has 0 spiro atoms. The molecule has 1 aromatic heterocycles. The standard InChI is InChI=1S/C17H29N5/c1-3-18-17(20-12-10-15-8-5-6-11-19-15)21-14-16-9-7-13-22(16)4-2/h5-6,8,11,16H,3-4,7,9-10,12-14H2,1-2H3,(H2,18,20,21). The first-order valence-electron chi connectivity index (χ1n) is 8.49. The number of guanidine groups is 1. The van der Waals surface area contributed by atoms with Crippen LogP contribution in [0.3, 0.4) is 0 Å². The smallest absolute Gasteiger partial charge is 0.191 e. The minimum Gasteiger partial charge on any atom is -0.357 e. The number of aliphatic imine (C=N–C) groups is 1. The SMILES string of the molecule is CCNC(=NCC1CCCN1CC)NCCc1ccccn1. The van der Waals surface area contributed by atoms with Crippen molar-refractivity contribution >= 4 is 5.96 Å². The molecule has 22 heavy (non-hydrogen) atoms. The summed E-state index contributed by atoms with van der Waals surface area (Å²) in [5, 5.41) is 6.73. The molecule has 0 radical (unpaired) electrons. The van der Waals surface area contributed by atoms with Crippen LogP contribution in [0.15, 0.2) is 29.4 Å². The first-order valence-corrected chi connectivity index (χ1v) is 8.49. The van der Waals surface area contributed by atoms with Gasteiger partial charge in [-0.15, -0.1) is 0 Å². The molecular weight excluding hydrogens is 274 g/mol. The maximum atomic E-state index is 4.76. The van der Waals surface area contributed by atoms with Gasteiger partial charge in [-0.1, -0.05) is 13.0 Å². The summed E-state index contributed by atoms with van der Waals surface area (Å²) in [7, 11) is 0. The molecule has 0 saturated carbocycles. The highest BCUT2D eigenvalue weighted by Gasteiger charge is 2.22. The fourth-order valence-corrected chi connectivity index (χ4v) is 2.91. The van der Waals surface area contributed by atoms with Crippen LogP contribution in [0.1, 0.15) is 32.4 Å². The molecule has 1 aliphatic rings. The lowest BCUT2D eigenvalue weighted by Gasteiger charge is -2.21. The molecule has 5 heteroatoms. The van der Waals surface area contributed by atoms with Gasteiger partial charge in [0.15, 0.2) is 5.96 Å². The molecule has 1 fully saturated rings. The molecule has 122 valence electrons. The van der Waals surface area contributed by atoms with Crippen LogP contribution in [0.25, 0.3) is 0 Å². The van der Waals surface area contributed by atoms with Crippen LogP contribution in [-0.2, 0) is 6.42 Å². The van der Waals surface area contributed by atoms with Crippen molar-refractivity contribution in [1.82, 2.24) is 20.5 Å². The Morgan fingerprint density at radius 1 is 1.36 bits per heavy atom. The van der Waals surface area contributed by atoms with Gasteiger partial charge in [-0.05, 0) is 45.0 Å². The Balaban J connectivity index is 1.79. The molecule has 0 bridgehead atoms. The second kappa shape index (κ2) is 9.41. The van der Waals surface area contributed by atoms with Gasteiger partial charge in [-0.25, -0.2) is 0 Å². The summed E-state index contributed by atoms with van der Waals surface area (Å²) in [4.78, 5) is 11.6. The van der Waals surface area contributed by atoms with E-state index >= 15 is 0 Å². The van der Waals surface area contributed by atoms with E-state index in [-0.39, 0.29) is 0 Å². The molecule has 1 unspecified atom stereocenters. The van der Waals surface area contributed by atoms with Crippen molar-refractivity contribution in [2.24, 2.45) is 4.99 Å². The van der Waals surface area contributed by atoms with Gasteiger partial charge in [-0.2, -0.15) is 0 Å². The summed E-state index contributed by atoms with van der Waals surface area (Å²) in [5.74, 6) is 0.918. The number of aromatic nitrogens is 1. The van der Waals surface area contributed by atoms with Crippen molar-refractivity contribution < 1.29 is 0 Å². The topological polar surface area (TPSA) is 52.6 Å². The zero-order valence-electron chi connectivity index (χ0n) is 13.9. The third kappa shape index (κ3) is 5.30. The predicted molar refractivity (Wildman–Crippen MR) is 92.2 cm³/mol. The second-order valence-corrected chi connectivity index (χ2v) is 5.64. The van der Waals surface area contributed by atoms with E-state index in [4.69, 9.17) is 4.99 Å². The quantitative estimate of drug-likeness (QED) is 0.594. The number of nitrogens with one attached hydrogen (secondary N) is 2. The van der Waals surface area contributed by atoms with E-state index in [0.717, 1.165) is 44.3 Å². The Hall–Kier alpha value is -1.62. The molecule has 0 aliphatic carbocycles. The zero-order valence-corrected chi connectivity index (χ0v) is 13.9. The molecule has 2 rings (SSSR count). The van der Waals surface area contributed by atoms with Crippen molar-refractivity contribution in [2.75, 3.05) is 32.7 Å². The van der Waals surface area contributed by atoms with Crippen molar-refractivity contribution in [3.8, 4) is 0 Å². The van der Waals surface area contributed by atoms with Gasteiger partial charge in [0, 0.05) is 37.4 Å². The number of rotatable bonds is 7. The molecule has 5 nitrogen and oxygen atoms in total. The van der Waals surface area contributed by atoms with Crippen LogP contribution >= 0.6 is 0 Å². The summed E-state index contributed by atoms with van der Waals surface area (Å²) >= 11 is 0. The molecule has 1 aromatic rings. The van der Waals surface area contributed by atoms with E-state index in [1.807, 2.05) is 18.3 Å². The van der Waals surface area contributed by atoms with Crippen molar-refractivity contribution in [3.63, 3.8) is 0 Å². The maximum Gasteiger partial charge on any atom is 0.191 e. The lowest BCUT2D eigenvalue weighted by molar-refractivity contribution is 0.273. The van der Waals surface area contributed by atoms with Crippen LogP contribution in [0.2, 0.25) is 0 Å². The summed E-state index contributed by atoms with van der Waals surface area (Å²) in [6, 6.07) is 6.64. The average Bonchev–Trinajstić information content (AvgIpc) is 3.01. The summed E-state index contributed by atoms with van der Waals surface area (Å²) < 4.78 is 0. The van der Waals surface area contributed by atoms with Gasteiger partial charge in [0.25, 0.3) is 0 Å². The van der Waals surface area contributed by atoms with E-state index in [1.165, 1.54) is 19.4 Å². The van der Waals surface area contributed by atoms with Crippen LogP contribution in [0, 0.1) is 0 Å². The van der Waals surface area contributed by atoms with Crippen molar-refractivity contribution in [3.05, 3.63) is 30.1 Å².